The van der Waals surface area contributed by atoms with Crippen LogP contribution in [-0.4, -0.2) is 28.1 Å². The van der Waals surface area contributed by atoms with Crippen molar-refractivity contribution in [2.45, 2.75) is 33.1 Å². The molecule has 0 saturated carbocycles. The number of nitrogens with one attached hydrogen (secondary N) is 1. The number of aryl methyl sites for hydroxylation is 1. The van der Waals surface area contributed by atoms with Crippen LogP contribution in [0.4, 0.5) is 11.6 Å². The van der Waals surface area contributed by atoms with Crippen molar-refractivity contribution in [1.82, 2.24) is 15.0 Å². The first-order valence-corrected chi connectivity index (χ1v) is 5.79. The van der Waals surface area contributed by atoms with Crippen molar-refractivity contribution in [3.8, 4) is 0 Å². The van der Waals surface area contributed by atoms with Gasteiger partial charge < -0.3 is 11.2 Å². The lowest BCUT2D eigenvalue weighted by atomic mass is 10.2. The molecule has 2 heterocycles. The van der Waals surface area contributed by atoms with E-state index in [2.05, 4.69) is 20.4 Å². The number of hydrogen-bond acceptors (Lipinski definition) is 5. The number of hydrogen-bond donors (Lipinski definition) is 2. The van der Waals surface area contributed by atoms with Crippen LogP contribution in [0.3, 0.4) is 0 Å². The maximum Gasteiger partial charge on any atom is 0.149 e. The van der Waals surface area contributed by atoms with E-state index in [1.807, 2.05) is 13.8 Å². The molecule has 1 aromatic heterocycles. The average molecular weight is 221 g/mol. The Morgan fingerprint density at radius 1 is 1.12 bits per heavy atom. The SMILES string of the molecule is Cc1nc(N)c(C)c(NN2CCCCC2)n1. The van der Waals surface area contributed by atoms with Crippen LogP contribution in [0.1, 0.15) is 30.7 Å². The van der Waals surface area contributed by atoms with Crippen LogP contribution in [-0.2, 0) is 0 Å². The third-order valence-corrected chi connectivity index (χ3v) is 2.92. The van der Waals surface area contributed by atoms with E-state index in [9.17, 15) is 0 Å². The van der Waals surface area contributed by atoms with Crippen LogP contribution in [0.25, 0.3) is 0 Å². The van der Waals surface area contributed by atoms with Gasteiger partial charge in [0.25, 0.3) is 0 Å². The number of hydrazine groups is 1. The van der Waals surface area contributed by atoms with Crippen molar-refractivity contribution in [3.05, 3.63) is 11.4 Å². The molecule has 5 heteroatoms. The molecule has 0 amide bonds. The molecule has 5 nitrogen and oxygen atoms in total. The molecule has 0 bridgehead atoms. The summed E-state index contributed by atoms with van der Waals surface area (Å²) in [7, 11) is 0. The minimum atomic E-state index is 0.562. The first-order valence-electron chi connectivity index (χ1n) is 5.79. The van der Waals surface area contributed by atoms with E-state index in [-0.39, 0.29) is 0 Å². The lowest BCUT2D eigenvalue weighted by Gasteiger charge is -2.28. The fourth-order valence-corrected chi connectivity index (χ4v) is 1.91. The summed E-state index contributed by atoms with van der Waals surface area (Å²) in [6, 6.07) is 0. The molecule has 0 unspecified atom stereocenters. The molecule has 3 N–H and O–H groups in total. The summed E-state index contributed by atoms with van der Waals surface area (Å²) >= 11 is 0. The maximum absolute atomic E-state index is 5.82. The number of nitrogen functional groups attached to an aromatic ring is 1. The van der Waals surface area contributed by atoms with Gasteiger partial charge in [-0.1, -0.05) is 6.42 Å². The molecule has 0 aliphatic carbocycles. The van der Waals surface area contributed by atoms with E-state index in [1.54, 1.807) is 0 Å². The van der Waals surface area contributed by atoms with Crippen molar-refractivity contribution in [2.75, 3.05) is 24.2 Å². The molecule has 1 aliphatic rings. The summed E-state index contributed by atoms with van der Waals surface area (Å²) in [6.07, 6.45) is 3.80. The quantitative estimate of drug-likeness (QED) is 0.792. The number of anilines is 2. The van der Waals surface area contributed by atoms with E-state index in [1.165, 1.54) is 19.3 Å². The second-order valence-corrected chi connectivity index (χ2v) is 4.29. The van der Waals surface area contributed by atoms with Crippen LogP contribution in [0.5, 0.6) is 0 Å². The van der Waals surface area contributed by atoms with Crippen LogP contribution < -0.4 is 11.2 Å². The van der Waals surface area contributed by atoms with Gasteiger partial charge in [0.15, 0.2) is 0 Å². The van der Waals surface area contributed by atoms with Gasteiger partial charge in [0, 0.05) is 18.7 Å². The first-order chi connectivity index (χ1) is 7.66. The Morgan fingerprint density at radius 2 is 1.81 bits per heavy atom. The van der Waals surface area contributed by atoms with Crippen molar-refractivity contribution in [3.63, 3.8) is 0 Å². The second-order valence-electron chi connectivity index (χ2n) is 4.29. The van der Waals surface area contributed by atoms with Gasteiger partial charge >= 0.3 is 0 Å². The minimum Gasteiger partial charge on any atom is -0.383 e. The van der Waals surface area contributed by atoms with Gasteiger partial charge in [0.05, 0.1) is 0 Å². The molecule has 16 heavy (non-hydrogen) atoms. The van der Waals surface area contributed by atoms with Crippen molar-refractivity contribution in [2.24, 2.45) is 0 Å². The van der Waals surface area contributed by atoms with Crippen molar-refractivity contribution >= 4 is 11.6 Å². The van der Waals surface area contributed by atoms with Crippen LogP contribution in [0, 0.1) is 13.8 Å². The molecule has 0 spiro atoms. The third-order valence-electron chi connectivity index (χ3n) is 2.92. The van der Waals surface area contributed by atoms with Crippen LogP contribution >= 0.6 is 0 Å². The summed E-state index contributed by atoms with van der Waals surface area (Å²) in [5.74, 6) is 2.11. The zero-order valence-electron chi connectivity index (χ0n) is 9.95. The van der Waals surface area contributed by atoms with E-state index < -0.39 is 0 Å². The van der Waals surface area contributed by atoms with Gasteiger partial charge in [-0.3, -0.25) is 0 Å². The summed E-state index contributed by atoms with van der Waals surface area (Å²) in [5.41, 5.74) is 10.1. The topological polar surface area (TPSA) is 67.1 Å². The Kier molecular flexibility index (Phi) is 3.24. The number of nitrogens with zero attached hydrogens (tertiary/aromatic N) is 3. The number of piperidine rings is 1. The largest absolute Gasteiger partial charge is 0.383 e. The highest BCUT2D eigenvalue weighted by molar-refractivity contribution is 5.54. The number of aromatic nitrogens is 2. The van der Waals surface area contributed by atoms with Crippen LogP contribution in [0.15, 0.2) is 0 Å². The van der Waals surface area contributed by atoms with E-state index in [4.69, 9.17) is 5.73 Å². The van der Waals surface area contributed by atoms with Gasteiger partial charge in [-0.25, -0.2) is 15.0 Å². The normalized spacial score (nSPS) is 17.4. The fraction of sp³-hybridized carbons (Fsp3) is 0.636. The van der Waals surface area contributed by atoms with Gasteiger partial charge in [0.1, 0.15) is 17.5 Å². The smallest absolute Gasteiger partial charge is 0.149 e. The second kappa shape index (κ2) is 4.65. The molecule has 1 saturated heterocycles. The fourth-order valence-electron chi connectivity index (χ4n) is 1.91. The minimum absolute atomic E-state index is 0.562. The summed E-state index contributed by atoms with van der Waals surface area (Å²) in [5, 5.41) is 2.21. The lowest BCUT2D eigenvalue weighted by Crippen LogP contribution is -2.35. The van der Waals surface area contributed by atoms with Gasteiger partial charge in [-0.15, -0.1) is 0 Å². The van der Waals surface area contributed by atoms with Crippen LogP contribution in [0.2, 0.25) is 0 Å². The van der Waals surface area contributed by atoms with Gasteiger partial charge in [0.2, 0.25) is 0 Å². The molecule has 1 fully saturated rings. The highest BCUT2D eigenvalue weighted by Gasteiger charge is 2.13. The molecule has 88 valence electrons. The summed E-state index contributed by atoms with van der Waals surface area (Å²) in [4.78, 5) is 8.52. The molecule has 0 atom stereocenters. The summed E-state index contributed by atoms with van der Waals surface area (Å²) in [6.45, 7) is 5.95. The van der Waals surface area contributed by atoms with E-state index in [0.717, 1.165) is 24.5 Å². The van der Waals surface area contributed by atoms with Crippen molar-refractivity contribution < 1.29 is 0 Å². The Bertz CT molecular complexity index is 371. The molecule has 1 aliphatic heterocycles. The van der Waals surface area contributed by atoms with Gasteiger partial charge in [-0.2, -0.15) is 0 Å². The summed E-state index contributed by atoms with van der Waals surface area (Å²) < 4.78 is 0. The Labute approximate surface area is 96.0 Å². The Balaban J connectivity index is 2.13. The van der Waals surface area contributed by atoms with E-state index in [0.29, 0.717) is 11.6 Å². The highest BCUT2D eigenvalue weighted by atomic mass is 15.5. The Hall–Kier alpha value is -1.36. The van der Waals surface area contributed by atoms with E-state index >= 15 is 0 Å². The van der Waals surface area contributed by atoms with Gasteiger partial charge in [-0.05, 0) is 26.7 Å². The zero-order valence-corrected chi connectivity index (χ0v) is 9.95. The molecule has 0 radical (unpaired) electrons. The predicted molar refractivity (Wildman–Crippen MR) is 65.0 cm³/mol. The molecule has 0 aromatic carbocycles. The number of nitrogens with two attached hydrogens (primary N) is 1. The maximum atomic E-state index is 5.82. The molecular formula is C11H19N5. The Morgan fingerprint density at radius 3 is 2.50 bits per heavy atom. The lowest BCUT2D eigenvalue weighted by molar-refractivity contribution is 0.272. The number of rotatable bonds is 2. The molecule has 1 aromatic rings. The average Bonchev–Trinajstić information content (AvgIpc) is 2.27. The van der Waals surface area contributed by atoms with Crippen molar-refractivity contribution in [1.29, 1.82) is 0 Å². The monoisotopic (exact) mass is 221 g/mol. The highest BCUT2D eigenvalue weighted by Crippen LogP contribution is 2.19. The first kappa shape index (κ1) is 11.1. The molecular weight excluding hydrogens is 202 g/mol. The third kappa shape index (κ3) is 2.41. The predicted octanol–water partition coefficient (Wildman–Crippen LogP) is 1.49. The zero-order chi connectivity index (χ0) is 11.5. The molecule has 2 rings (SSSR count). The standard InChI is InChI=1S/C11H19N5/c1-8-10(12)13-9(2)14-11(8)15-16-6-4-3-5-7-16/h3-7H2,1-2H3,(H3,12,13,14,15).